The van der Waals surface area contributed by atoms with Crippen molar-refractivity contribution in [1.82, 2.24) is 0 Å². The zero-order valence-electron chi connectivity index (χ0n) is 18.2. The number of rotatable bonds is 2. The van der Waals surface area contributed by atoms with Crippen LogP contribution in [0, 0.1) is 0 Å². The van der Waals surface area contributed by atoms with Gasteiger partial charge in [0.1, 0.15) is 0 Å². The average Bonchev–Trinajstić information content (AvgIpc) is 3.08. The summed E-state index contributed by atoms with van der Waals surface area (Å²) in [6.45, 7) is 8.34. The molecule has 4 aromatic carbocycles. The number of hydrogen-bond donors (Lipinski definition) is 0. The zero-order chi connectivity index (χ0) is 20.5. The Balaban J connectivity index is 0. The van der Waals surface area contributed by atoms with Crippen LogP contribution in [0.1, 0.15) is 35.7 Å². The molecular weight excluding hydrogens is 477 g/mol. The Morgan fingerprint density at radius 3 is 1.58 bits per heavy atom. The SMILES string of the molecule is CC(C)c1ccccc1C([NH-])=O.C[Si]C.[Cl-].[Cl-].[Ti+4].c1ccc2c(c1)[cH-]c1ccccc12. The maximum atomic E-state index is 10.8. The zero-order valence-corrected chi connectivity index (χ0v) is 22.3. The fourth-order valence-corrected chi connectivity index (χ4v) is 3.11. The van der Waals surface area contributed by atoms with Crippen LogP contribution in [0.2, 0.25) is 13.1 Å². The minimum Gasteiger partial charge on any atom is -1.00 e. The van der Waals surface area contributed by atoms with Crippen LogP contribution < -0.4 is 24.8 Å². The number of fused-ring (bicyclic) bond motifs is 3. The van der Waals surface area contributed by atoms with E-state index in [-0.39, 0.29) is 46.5 Å². The van der Waals surface area contributed by atoms with Gasteiger partial charge in [0.2, 0.25) is 0 Å². The van der Waals surface area contributed by atoms with E-state index in [1.165, 1.54) is 21.5 Å². The second kappa shape index (κ2) is 16.2. The standard InChI is InChI=1S/C13H9.C10H13NO.C2H6Si.2ClH.Ti/c1-3-7-12-10(5-1)9-11-6-2-4-8-13(11)12;1-7(2)8-5-3-4-6-9(8)10(11)12;1-3-2;;;/h1-9H;3-7H,1-2H3,(H2,11,12);1-2H3;2*1H;/q-1;;;;;+4/p-3. The Labute approximate surface area is 215 Å². The summed E-state index contributed by atoms with van der Waals surface area (Å²) in [6.07, 6.45) is 0. The number of halogens is 2. The molecule has 6 heteroatoms. The molecule has 0 spiro atoms. The third-order valence-electron chi connectivity index (χ3n) is 4.35. The van der Waals surface area contributed by atoms with Crippen molar-refractivity contribution in [3.8, 4) is 0 Å². The van der Waals surface area contributed by atoms with Crippen LogP contribution in [0.15, 0.2) is 78.9 Å². The van der Waals surface area contributed by atoms with E-state index in [1.807, 2.05) is 26.0 Å². The number of carbonyl (C=O) groups excluding carboxylic acids is 1. The van der Waals surface area contributed by atoms with Gasteiger partial charge < -0.3 is 35.3 Å². The molecule has 31 heavy (non-hydrogen) atoms. The van der Waals surface area contributed by atoms with E-state index in [9.17, 15) is 4.79 Å². The summed E-state index contributed by atoms with van der Waals surface area (Å²) in [7, 11) is 1.08. The van der Waals surface area contributed by atoms with Crippen molar-refractivity contribution in [2.75, 3.05) is 0 Å². The van der Waals surface area contributed by atoms with Crippen LogP contribution in [0.25, 0.3) is 27.3 Å². The number of hydrogen-bond acceptors (Lipinski definition) is 1. The maximum absolute atomic E-state index is 10.8. The Morgan fingerprint density at radius 1 is 0.806 bits per heavy atom. The molecule has 0 unspecified atom stereocenters. The first-order chi connectivity index (χ1) is 13.5. The molecule has 1 amide bonds. The molecule has 2 nitrogen and oxygen atoms in total. The van der Waals surface area contributed by atoms with E-state index >= 15 is 0 Å². The predicted molar refractivity (Wildman–Crippen MR) is 124 cm³/mol. The molecule has 0 heterocycles. The molecule has 0 aliphatic carbocycles. The van der Waals surface area contributed by atoms with Gasteiger partial charge in [-0.1, -0.05) is 87.6 Å². The van der Waals surface area contributed by atoms with Crippen molar-refractivity contribution in [1.29, 1.82) is 0 Å². The first kappa shape index (κ1) is 31.7. The fraction of sp³-hybridized carbons (Fsp3) is 0.200. The number of amides is 1. The number of carbonyl (C=O) groups is 1. The molecule has 0 aliphatic heterocycles. The molecule has 0 aromatic heterocycles. The topological polar surface area (TPSA) is 40.9 Å². The van der Waals surface area contributed by atoms with Gasteiger partial charge in [0.05, 0.1) is 5.91 Å². The Kier molecular flexibility index (Phi) is 16.6. The molecule has 0 fully saturated rings. The quantitative estimate of drug-likeness (QED) is 0.302. The van der Waals surface area contributed by atoms with Gasteiger partial charge in [-0.3, -0.25) is 0 Å². The monoisotopic (exact) mass is 503 g/mol. The molecule has 0 aliphatic rings. The van der Waals surface area contributed by atoms with Crippen molar-refractivity contribution < 1.29 is 51.3 Å². The van der Waals surface area contributed by atoms with Crippen LogP contribution in [0.4, 0.5) is 0 Å². The van der Waals surface area contributed by atoms with Crippen LogP contribution >= 0.6 is 0 Å². The van der Waals surface area contributed by atoms with Crippen molar-refractivity contribution in [2.24, 2.45) is 0 Å². The second-order valence-corrected chi connectivity index (χ2v) is 7.89. The van der Waals surface area contributed by atoms with Gasteiger partial charge in [0.15, 0.2) is 0 Å². The van der Waals surface area contributed by atoms with Crippen LogP contribution in [-0.4, -0.2) is 15.4 Å². The van der Waals surface area contributed by atoms with E-state index in [0.29, 0.717) is 11.5 Å². The largest absolute Gasteiger partial charge is 4.00 e. The van der Waals surface area contributed by atoms with E-state index < -0.39 is 5.91 Å². The Morgan fingerprint density at radius 2 is 1.19 bits per heavy atom. The number of nitrogens with one attached hydrogen (secondary N) is 1. The Hall–Kier alpha value is -1.49. The molecule has 1 N–H and O–H groups in total. The summed E-state index contributed by atoms with van der Waals surface area (Å²) in [5, 5.41) is 5.39. The minimum absolute atomic E-state index is 0. The molecule has 0 atom stereocenters. The first-order valence-electron chi connectivity index (χ1n) is 9.46. The van der Waals surface area contributed by atoms with Crippen molar-refractivity contribution >= 4 is 37.0 Å². The molecule has 4 aromatic rings. The van der Waals surface area contributed by atoms with Gasteiger partial charge in [-0.15, -0.1) is 39.7 Å². The maximum Gasteiger partial charge on any atom is 4.00 e. The molecule has 4 rings (SSSR count). The van der Waals surface area contributed by atoms with Gasteiger partial charge >= 0.3 is 21.7 Å². The fourth-order valence-electron chi connectivity index (χ4n) is 3.11. The van der Waals surface area contributed by atoms with Crippen molar-refractivity contribution in [3.05, 3.63) is 95.7 Å². The summed E-state index contributed by atoms with van der Waals surface area (Å²) >= 11 is 0. The smallest absolute Gasteiger partial charge is 1.00 e. The van der Waals surface area contributed by atoms with Crippen molar-refractivity contribution in [2.45, 2.75) is 32.9 Å². The summed E-state index contributed by atoms with van der Waals surface area (Å²) in [4.78, 5) is 10.8. The molecule has 0 saturated heterocycles. The van der Waals surface area contributed by atoms with Crippen LogP contribution in [0.5, 0.6) is 0 Å². The summed E-state index contributed by atoms with van der Waals surface area (Å²) in [6, 6.07) is 26.5. The summed E-state index contributed by atoms with van der Waals surface area (Å²) in [5.74, 6) is -0.296. The van der Waals surface area contributed by atoms with Crippen molar-refractivity contribution in [3.63, 3.8) is 0 Å². The van der Waals surface area contributed by atoms with Gasteiger partial charge in [0.25, 0.3) is 0 Å². The van der Waals surface area contributed by atoms with Gasteiger partial charge in [0, 0.05) is 15.1 Å². The third kappa shape index (κ3) is 8.88. The van der Waals surface area contributed by atoms with Gasteiger partial charge in [-0.25, -0.2) is 0 Å². The first-order valence-corrected chi connectivity index (χ1v) is 11.5. The summed E-state index contributed by atoms with van der Waals surface area (Å²) < 4.78 is 0. The predicted octanol–water partition coefficient (Wildman–Crippen LogP) is 1.51. The average molecular weight is 504 g/mol. The van der Waals surface area contributed by atoms with Gasteiger partial charge in [-0.05, 0) is 11.5 Å². The molecular formula is C25H27Cl2NOSiTi. The van der Waals surface area contributed by atoms with Gasteiger partial charge in [-0.2, -0.15) is 0 Å². The normalized spacial score (nSPS) is 9.19. The molecule has 2 radical (unpaired) electrons. The van der Waals surface area contributed by atoms with E-state index in [1.54, 1.807) is 12.1 Å². The van der Waals surface area contributed by atoms with E-state index in [4.69, 9.17) is 5.73 Å². The third-order valence-corrected chi connectivity index (χ3v) is 4.35. The van der Waals surface area contributed by atoms with E-state index in [2.05, 4.69) is 67.7 Å². The second-order valence-electron chi connectivity index (χ2n) is 6.89. The minimum atomic E-state index is -0.598. The summed E-state index contributed by atoms with van der Waals surface area (Å²) in [5.41, 5.74) is 8.49. The number of benzene rings is 3. The van der Waals surface area contributed by atoms with Crippen LogP contribution in [-0.2, 0) is 21.7 Å². The molecule has 0 bridgehead atoms. The molecule has 160 valence electrons. The Bertz CT molecular complexity index is 1000. The van der Waals surface area contributed by atoms with Crippen LogP contribution in [0.3, 0.4) is 0 Å². The van der Waals surface area contributed by atoms with E-state index in [0.717, 1.165) is 15.1 Å². The molecule has 0 saturated carbocycles.